The Labute approximate surface area is 146 Å². The van der Waals surface area contributed by atoms with Crippen LogP contribution in [0.1, 0.15) is 35.5 Å². The maximum atomic E-state index is 12.6. The second-order valence-electron chi connectivity index (χ2n) is 6.97. The molecule has 1 fully saturated rings. The second kappa shape index (κ2) is 5.97. The molecule has 1 aromatic heterocycles. The Balaban J connectivity index is 1.84. The van der Waals surface area contributed by atoms with Gasteiger partial charge in [-0.3, -0.25) is 4.79 Å². The average molecular weight is 364 g/mol. The molecular formula is C17H20N2O3S2. The number of carbonyl (C=O) groups is 1. The van der Waals surface area contributed by atoms with Crippen LogP contribution in [0.15, 0.2) is 35.4 Å². The number of thiazole rings is 1. The molecule has 128 valence electrons. The zero-order valence-electron chi connectivity index (χ0n) is 13.9. The highest BCUT2D eigenvalue weighted by atomic mass is 32.2. The first-order valence-electron chi connectivity index (χ1n) is 7.71. The molecule has 0 saturated carbocycles. The summed E-state index contributed by atoms with van der Waals surface area (Å²) in [5.41, 5.74) is 0.634. The Morgan fingerprint density at radius 2 is 2.08 bits per heavy atom. The predicted molar refractivity (Wildman–Crippen MR) is 95.7 cm³/mol. The van der Waals surface area contributed by atoms with Gasteiger partial charge in [0.25, 0.3) is 0 Å². The average Bonchev–Trinajstić information content (AvgIpc) is 3.12. The van der Waals surface area contributed by atoms with Gasteiger partial charge in [0.05, 0.1) is 16.0 Å². The number of hydrogen-bond acceptors (Lipinski definition) is 6. The van der Waals surface area contributed by atoms with Crippen LogP contribution in [-0.2, 0) is 9.84 Å². The van der Waals surface area contributed by atoms with Crippen molar-refractivity contribution in [2.45, 2.75) is 25.2 Å². The van der Waals surface area contributed by atoms with Gasteiger partial charge in [-0.05, 0) is 24.0 Å². The maximum Gasteiger partial charge on any atom is 0.204 e. The predicted octanol–water partition coefficient (Wildman–Crippen LogP) is 3.01. The Morgan fingerprint density at radius 1 is 1.33 bits per heavy atom. The van der Waals surface area contributed by atoms with Gasteiger partial charge in [0.2, 0.25) is 5.78 Å². The number of ketones is 1. The van der Waals surface area contributed by atoms with Crippen molar-refractivity contribution in [3.8, 4) is 0 Å². The van der Waals surface area contributed by atoms with E-state index in [1.807, 2.05) is 0 Å². The minimum atomic E-state index is -3.33. The summed E-state index contributed by atoms with van der Waals surface area (Å²) in [6, 6.07) is 6.15. The summed E-state index contributed by atoms with van der Waals surface area (Å²) in [7, 11) is -3.33. The summed E-state index contributed by atoms with van der Waals surface area (Å²) in [5, 5.41) is 0.850. The summed E-state index contributed by atoms with van der Waals surface area (Å²) in [6.07, 6.45) is 3.82. The molecule has 0 radical (unpaired) electrons. The highest BCUT2D eigenvalue weighted by Gasteiger charge is 2.31. The van der Waals surface area contributed by atoms with Crippen LogP contribution >= 0.6 is 11.3 Å². The van der Waals surface area contributed by atoms with Crippen LogP contribution in [0.3, 0.4) is 0 Å². The van der Waals surface area contributed by atoms with Crippen molar-refractivity contribution in [3.05, 3.63) is 40.9 Å². The smallest absolute Gasteiger partial charge is 0.204 e. The molecule has 0 bridgehead atoms. The van der Waals surface area contributed by atoms with Crippen LogP contribution < -0.4 is 4.90 Å². The van der Waals surface area contributed by atoms with Crippen LogP contribution in [0.4, 0.5) is 5.13 Å². The van der Waals surface area contributed by atoms with Crippen molar-refractivity contribution in [2.24, 2.45) is 5.41 Å². The largest absolute Gasteiger partial charge is 0.348 e. The number of carbonyl (C=O) groups excluding carboxylic acids is 1. The van der Waals surface area contributed by atoms with Gasteiger partial charge in [-0.25, -0.2) is 13.4 Å². The first-order chi connectivity index (χ1) is 11.2. The third kappa shape index (κ3) is 3.52. The van der Waals surface area contributed by atoms with Crippen molar-refractivity contribution in [2.75, 3.05) is 24.2 Å². The van der Waals surface area contributed by atoms with E-state index in [-0.39, 0.29) is 16.1 Å². The fourth-order valence-electron chi connectivity index (χ4n) is 2.80. The Kier molecular flexibility index (Phi) is 4.25. The summed E-state index contributed by atoms with van der Waals surface area (Å²) in [4.78, 5) is 19.9. The molecule has 0 amide bonds. The normalized spacial score (nSPS) is 17.2. The molecule has 3 rings (SSSR count). The Hall–Kier alpha value is -1.73. The van der Waals surface area contributed by atoms with E-state index in [0.717, 1.165) is 30.9 Å². The van der Waals surface area contributed by atoms with E-state index in [9.17, 15) is 13.2 Å². The number of anilines is 1. The van der Waals surface area contributed by atoms with Gasteiger partial charge in [0, 0.05) is 24.9 Å². The molecule has 5 nitrogen and oxygen atoms in total. The SMILES string of the molecule is CC1(C)CCN(c2ncc(C(=O)c3cccc(S(C)(=O)=O)c3)s2)C1. The fourth-order valence-corrected chi connectivity index (χ4v) is 4.37. The quantitative estimate of drug-likeness (QED) is 0.780. The zero-order valence-corrected chi connectivity index (χ0v) is 15.6. The van der Waals surface area contributed by atoms with E-state index in [4.69, 9.17) is 0 Å². The molecule has 1 aromatic carbocycles. The van der Waals surface area contributed by atoms with Crippen molar-refractivity contribution in [1.82, 2.24) is 4.98 Å². The molecule has 0 spiro atoms. The van der Waals surface area contributed by atoms with Crippen LogP contribution in [0.5, 0.6) is 0 Å². The van der Waals surface area contributed by atoms with Crippen LogP contribution in [-0.4, -0.2) is 38.5 Å². The molecule has 0 unspecified atom stereocenters. The van der Waals surface area contributed by atoms with Gasteiger partial charge >= 0.3 is 0 Å². The number of aromatic nitrogens is 1. The van der Waals surface area contributed by atoms with Gasteiger partial charge in [0.15, 0.2) is 15.0 Å². The van der Waals surface area contributed by atoms with Gasteiger partial charge < -0.3 is 4.90 Å². The number of benzene rings is 1. The monoisotopic (exact) mass is 364 g/mol. The van der Waals surface area contributed by atoms with E-state index in [1.165, 1.54) is 23.5 Å². The molecule has 0 N–H and O–H groups in total. The lowest BCUT2D eigenvalue weighted by molar-refractivity contribution is 0.104. The lowest BCUT2D eigenvalue weighted by Gasteiger charge is -2.18. The lowest BCUT2D eigenvalue weighted by Crippen LogP contribution is -2.22. The van der Waals surface area contributed by atoms with Crippen LogP contribution in [0.2, 0.25) is 0 Å². The molecule has 2 aromatic rings. The first kappa shape index (κ1) is 17.1. The molecule has 0 atom stereocenters. The number of nitrogens with zero attached hydrogens (tertiary/aromatic N) is 2. The molecule has 2 heterocycles. The summed E-state index contributed by atoms with van der Waals surface area (Å²) < 4.78 is 23.3. The number of sulfone groups is 1. The van der Waals surface area contributed by atoms with Crippen LogP contribution in [0, 0.1) is 5.41 Å². The topological polar surface area (TPSA) is 67.3 Å². The van der Waals surface area contributed by atoms with E-state index < -0.39 is 9.84 Å². The van der Waals surface area contributed by atoms with Crippen molar-refractivity contribution in [1.29, 1.82) is 0 Å². The second-order valence-corrected chi connectivity index (χ2v) is 10.00. The number of hydrogen-bond donors (Lipinski definition) is 0. The standard InChI is InChI=1S/C17H20N2O3S2/c1-17(2)7-8-19(11-17)16-18-10-14(23-16)15(20)12-5-4-6-13(9-12)24(3,21)22/h4-6,9-10H,7-8,11H2,1-3H3. The van der Waals surface area contributed by atoms with Crippen molar-refractivity contribution < 1.29 is 13.2 Å². The van der Waals surface area contributed by atoms with Gasteiger partial charge in [-0.15, -0.1) is 0 Å². The highest BCUT2D eigenvalue weighted by molar-refractivity contribution is 7.90. The fraction of sp³-hybridized carbons (Fsp3) is 0.412. The van der Waals surface area contributed by atoms with Gasteiger partial charge in [-0.2, -0.15) is 0 Å². The summed E-state index contributed by atoms with van der Waals surface area (Å²) >= 11 is 1.36. The Bertz CT molecular complexity index is 885. The number of rotatable bonds is 4. The molecule has 1 aliphatic heterocycles. The Morgan fingerprint density at radius 3 is 2.71 bits per heavy atom. The van der Waals surface area contributed by atoms with Gasteiger partial charge in [-0.1, -0.05) is 37.3 Å². The van der Waals surface area contributed by atoms with Crippen molar-refractivity contribution >= 4 is 32.1 Å². The van der Waals surface area contributed by atoms with E-state index >= 15 is 0 Å². The van der Waals surface area contributed by atoms with E-state index in [2.05, 4.69) is 23.7 Å². The summed E-state index contributed by atoms with van der Waals surface area (Å²) in [5.74, 6) is -0.192. The molecule has 1 saturated heterocycles. The zero-order chi connectivity index (χ0) is 17.5. The molecule has 0 aliphatic carbocycles. The third-order valence-electron chi connectivity index (χ3n) is 4.19. The van der Waals surface area contributed by atoms with E-state index in [0.29, 0.717) is 10.4 Å². The van der Waals surface area contributed by atoms with Gasteiger partial charge in [0.1, 0.15) is 0 Å². The summed E-state index contributed by atoms with van der Waals surface area (Å²) in [6.45, 7) is 6.32. The lowest BCUT2D eigenvalue weighted by atomic mass is 9.93. The minimum Gasteiger partial charge on any atom is -0.348 e. The molecule has 7 heteroatoms. The van der Waals surface area contributed by atoms with E-state index in [1.54, 1.807) is 18.3 Å². The molecule has 1 aliphatic rings. The minimum absolute atomic E-state index is 0.152. The van der Waals surface area contributed by atoms with Crippen LogP contribution in [0.25, 0.3) is 0 Å². The molecule has 24 heavy (non-hydrogen) atoms. The molecular weight excluding hydrogens is 344 g/mol. The maximum absolute atomic E-state index is 12.6. The highest BCUT2D eigenvalue weighted by Crippen LogP contribution is 2.34. The first-order valence-corrected chi connectivity index (χ1v) is 10.4. The van der Waals surface area contributed by atoms with Crippen molar-refractivity contribution in [3.63, 3.8) is 0 Å². The third-order valence-corrected chi connectivity index (χ3v) is 6.36.